The molecule has 0 aromatic heterocycles. The second-order valence-corrected chi connectivity index (χ2v) is 8.36. The number of benzene rings is 1. The van der Waals surface area contributed by atoms with Gasteiger partial charge in [-0.25, -0.2) is 0 Å². The molecule has 0 saturated heterocycles. The first kappa shape index (κ1) is 17.3. The second kappa shape index (κ2) is 6.61. The molecular formula is C15H14Br2Cl2O2. The number of esters is 1. The fourth-order valence-electron chi connectivity index (χ4n) is 2.22. The number of rotatable bonds is 5. The van der Waals surface area contributed by atoms with Crippen LogP contribution in [0, 0.1) is 5.92 Å². The van der Waals surface area contributed by atoms with Gasteiger partial charge in [-0.05, 0) is 18.6 Å². The maximum absolute atomic E-state index is 12.1. The zero-order valence-corrected chi connectivity index (χ0v) is 16.0. The first-order valence-corrected chi connectivity index (χ1v) is 9.01. The number of ether oxygens (including phenoxy) is 1. The normalized spacial score (nSPS) is 31.9. The molecule has 1 saturated carbocycles. The van der Waals surface area contributed by atoms with Crippen molar-refractivity contribution in [3.05, 3.63) is 40.9 Å². The summed E-state index contributed by atoms with van der Waals surface area (Å²) in [7, 11) is 0. The Balaban J connectivity index is 1.92. The van der Waals surface area contributed by atoms with E-state index in [-0.39, 0.29) is 12.6 Å². The molecule has 21 heavy (non-hydrogen) atoms. The van der Waals surface area contributed by atoms with E-state index in [4.69, 9.17) is 27.9 Å². The van der Waals surface area contributed by atoms with Gasteiger partial charge in [0.15, 0.2) is 0 Å². The van der Waals surface area contributed by atoms with Crippen LogP contribution in [0.4, 0.5) is 0 Å². The predicted molar refractivity (Wildman–Crippen MR) is 94.4 cm³/mol. The van der Waals surface area contributed by atoms with Crippen LogP contribution in [0.3, 0.4) is 0 Å². The van der Waals surface area contributed by atoms with Gasteiger partial charge < -0.3 is 4.74 Å². The largest absolute Gasteiger partial charge is 0.460 e. The molecule has 6 heteroatoms. The Hall–Kier alpha value is -0.0300. The summed E-state index contributed by atoms with van der Waals surface area (Å²) < 4.78 is 4.79. The van der Waals surface area contributed by atoms with Crippen molar-refractivity contribution in [3.63, 3.8) is 0 Å². The Morgan fingerprint density at radius 2 is 2.05 bits per heavy atom. The van der Waals surface area contributed by atoms with E-state index in [0.717, 1.165) is 5.56 Å². The molecule has 1 aromatic rings. The standard InChI is InChI=1S/C15H14Br2Cl2O2/c1-14(19)12(15(14,17)9-16)13(20)21-8-11(18)7-10-5-3-2-4-6-10/h2-7,12H,8-9H2,1H3. The van der Waals surface area contributed by atoms with Crippen molar-refractivity contribution in [3.8, 4) is 0 Å². The van der Waals surface area contributed by atoms with Gasteiger partial charge in [-0.3, -0.25) is 4.79 Å². The number of halogens is 4. The van der Waals surface area contributed by atoms with Crippen LogP contribution in [-0.4, -0.2) is 27.1 Å². The number of alkyl halides is 3. The number of carbonyl (C=O) groups excluding carboxylic acids is 1. The van der Waals surface area contributed by atoms with Crippen LogP contribution >= 0.6 is 55.1 Å². The lowest BCUT2D eigenvalue weighted by molar-refractivity contribution is -0.144. The van der Waals surface area contributed by atoms with Crippen molar-refractivity contribution in [2.45, 2.75) is 16.1 Å². The SMILES string of the molecule is CC1(Cl)C(C(=O)OCC(Cl)=Cc2ccccc2)C1(Br)CBr. The van der Waals surface area contributed by atoms with Crippen LogP contribution in [0.15, 0.2) is 35.4 Å². The monoisotopic (exact) mass is 454 g/mol. The molecular weight excluding hydrogens is 443 g/mol. The maximum atomic E-state index is 12.1. The van der Waals surface area contributed by atoms with E-state index in [1.165, 1.54) is 0 Å². The molecule has 1 aromatic carbocycles. The van der Waals surface area contributed by atoms with E-state index in [2.05, 4.69) is 31.9 Å². The van der Waals surface area contributed by atoms with E-state index in [9.17, 15) is 4.79 Å². The average Bonchev–Trinajstić information content (AvgIpc) is 2.91. The van der Waals surface area contributed by atoms with Crippen LogP contribution in [0.1, 0.15) is 12.5 Å². The van der Waals surface area contributed by atoms with Gasteiger partial charge in [-0.15, -0.1) is 11.6 Å². The number of hydrogen-bond acceptors (Lipinski definition) is 2. The lowest BCUT2D eigenvalue weighted by Gasteiger charge is -2.05. The van der Waals surface area contributed by atoms with Crippen molar-refractivity contribution in [1.82, 2.24) is 0 Å². The molecule has 3 atom stereocenters. The van der Waals surface area contributed by atoms with Crippen molar-refractivity contribution in [2.75, 3.05) is 11.9 Å². The number of carbonyl (C=O) groups is 1. The first-order chi connectivity index (χ1) is 9.83. The fraction of sp³-hybridized carbons (Fsp3) is 0.400. The van der Waals surface area contributed by atoms with Gasteiger partial charge in [0.2, 0.25) is 0 Å². The summed E-state index contributed by atoms with van der Waals surface area (Å²) in [5.74, 6) is -0.740. The van der Waals surface area contributed by atoms with Crippen LogP contribution in [0.5, 0.6) is 0 Å². The molecule has 1 aliphatic rings. The Labute approximate surface area is 151 Å². The molecule has 0 radical (unpaired) electrons. The predicted octanol–water partition coefficient (Wildman–Crippen LogP) is 4.97. The molecule has 0 spiro atoms. The second-order valence-electron chi connectivity index (χ2n) is 5.11. The quantitative estimate of drug-likeness (QED) is 0.462. The van der Waals surface area contributed by atoms with Crippen molar-refractivity contribution in [1.29, 1.82) is 0 Å². The summed E-state index contributed by atoms with van der Waals surface area (Å²) in [5, 5.41) is 1.04. The third-order valence-electron chi connectivity index (χ3n) is 3.63. The van der Waals surface area contributed by atoms with Crippen LogP contribution in [0.2, 0.25) is 0 Å². The fourth-order valence-corrected chi connectivity index (χ4v) is 4.76. The third-order valence-corrected chi connectivity index (χ3v) is 7.84. The van der Waals surface area contributed by atoms with Gasteiger partial charge in [0.05, 0.1) is 20.1 Å². The highest BCUT2D eigenvalue weighted by atomic mass is 79.9. The zero-order valence-electron chi connectivity index (χ0n) is 11.3. The average molecular weight is 457 g/mol. The molecule has 0 aliphatic heterocycles. The van der Waals surface area contributed by atoms with Gasteiger partial charge in [-0.1, -0.05) is 73.8 Å². The summed E-state index contributed by atoms with van der Waals surface area (Å²) in [5.41, 5.74) is 0.961. The Bertz CT molecular complexity index is 560. The summed E-state index contributed by atoms with van der Waals surface area (Å²) in [6.07, 6.45) is 1.77. The molecule has 0 bridgehead atoms. The lowest BCUT2D eigenvalue weighted by Crippen LogP contribution is -2.15. The third kappa shape index (κ3) is 3.49. The Kier molecular flexibility index (Phi) is 5.45. The highest BCUT2D eigenvalue weighted by Crippen LogP contribution is 2.65. The van der Waals surface area contributed by atoms with Gasteiger partial charge in [0, 0.05) is 5.33 Å². The zero-order chi connectivity index (χ0) is 15.7. The molecule has 1 fully saturated rings. The topological polar surface area (TPSA) is 26.3 Å². The van der Waals surface area contributed by atoms with E-state index in [0.29, 0.717) is 10.4 Å². The van der Waals surface area contributed by atoms with Crippen molar-refractivity contribution < 1.29 is 9.53 Å². The lowest BCUT2D eigenvalue weighted by atomic mass is 10.2. The van der Waals surface area contributed by atoms with Gasteiger partial charge >= 0.3 is 5.97 Å². The molecule has 114 valence electrons. The summed E-state index contributed by atoms with van der Waals surface area (Å²) in [6, 6.07) is 9.61. The summed E-state index contributed by atoms with van der Waals surface area (Å²) in [4.78, 5) is 11.5. The van der Waals surface area contributed by atoms with E-state index in [1.54, 1.807) is 6.08 Å². The van der Waals surface area contributed by atoms with Crippen LogP contribution in [0.25, 0.3) is 6.08 Å². The van der Waals surface area contributed by atoms with Crippen LogP contribution in [-0.2, 0) is 9.53 Å². The van der Waals surface area contributed by atoms with Gasteiger partial charge in [-0.2, -0.15) is 0 Å². The molecule has 3 unspecified atom stereocenters. The van der Waals surface area contributed by atoms with Crippen LogP contribution < -0.4 is 0 Å². The Morgan fingerprint density at radius 1 is 1.43 bits per heavy atom. The number of hydrogen-bond donors (Lipinski definition) is 0. The summed E-state index contributed by atoms with van der Waals surface area (Å²) >= 11 is 19.3. The van der Waals surface area contributed by atoms with E-state index >= 15 is 0 Å². The van der Waals surface area contributed by atoms with Crippen molar-refractivity contribution >= 4 is 67.1 Å². The molecule has 2 rings (SSSR count). The Morgan fingerprint density at radius 3 is 2.57 bits per heavy atom. The molecule has 1 aliphatic carbocycles. The maximum Gasteiger partial charge on any atom is 0.312 e. The molecule has 0 heterocycles. The molecule has 0 N–H and O–H groups in total. The van der Waals surface area contributed by atoms with Crippen molar-refractivity contribution in [2.24, 2.45) is 5.92 Å². The minimum absolute atomic E-state index is 0.0458. The highest BCUT2D eigenvalue weighted by Gasteiger charge is 2.76. The highest BCUT2D eigenvalue weighted by molar-refractivity contribution is 9.12. The summed E-state index contributed by atoms with van der Waals surface area (Å²) in [6.45, 7) is 1.86. The van der Waals surface area contributed by atoms with E-state index < -0.39 is 15.1 Å². The first-order valence-electron chi connectivity index (χ1n) is 6.34. The smallest absolute Gasteiger partial charge is 0.312 e. The minimum atomic E-state index is -0.650. The molecule has 2 nitrogen and oxygen atoms in total. The minimum Gasteiger partial charge on any atom is -0.460 e. The van der Waals surface area contributed by atoms with Gasteiger partial charge in [0.25, 0.3) is 0 Å². The van der Waals surface area contributed by atoms with E-state index in [1.807, 2.05) is 37.3 Å². The molecule has 0 amide bonds. The van der Waals surface area contributed by atoms with Gasteiger partial charge in [0.1, 0.15) is 6.61 Å².